The van der Waals surface area contributed by atoms with Crippen LogP contribution in [0.2, 0.25) is 0 Å². The molecule has 5 rings (SSSR count). The highest BCUT2D eigenvalue weighted by Crippen LogP contribution is 2.37. The number of carbonyl (C=O) groups excluding carboxylic acids is 2. The average Bonchev–Trinajstić information content (AvgIpc) is 3.26. The molecule has 36 heavy (non-hydrogen) atoms. The Kier molecular flexibility index (Phi) is 6.97. The van der Waals surface area contributed by atoms with Crippen LogP contribution >= 0.6 is 0 Å². The molecule has 1 saturated heterocycles. The number of aliphatic hydroxyl groups excluding tert-OH is 1. The lowest BCUT2D eigenvalue weighted by Crippen LogP contribution is -2.41. The lowest BCUT2D eigenvalue weighted by Gasteiger charge is -2.30. The molecule has 2 aromatic carbocycles. The Labute approximate surface area is 206 Å². The Morgan fingerprint density at radius 2 is 1.97 bits per heavy atom. The lowest BCUT2D eigenvalue weighted by molar-refractivity contribution is -0.125. The van der Waals surface area contributed by atoms with E-state index in [4.69, 9.17) is 9.72 Å². The number of fused-ring (bicyclic) bond motifs is 1. The molecule has 1 aliphatic carbocycles. The van der Waals surface area contributed by atoms with Gasteiger partial charge in [-0.25, -0.2) is 13.8 Å². The summed E-state index contributed by atoms with van der Waals surface area (Å²) in [6.07, 6.45) is 0.648. The monoisotopic (exact) mass is 498 g/mol. The standard InChI is InChI=1S/C26H28F2N4O4/c27-24(28)17-2-1-3-18(12-17)25(35)30-26-29-21-13-20(31-10-11-36-15-23(31)34)8-9-22(21)32(26)19-6-4-16(14-33)5-7-19/h1-3,8-9,12-13,16,19,24,33H,4-7,10-11,14-15H2,(H,29,30,35). The highest BCUT2D eigenvalue weighted by atomic mass is 19.3. The van der Waals surface area contributed by atoms with Crippen LogP contribution in [-0.2, 0) is 9.53 Å². The number of alkyl halides is 2. The number of halogens is 2. The SMILES string of the molecule is O=C(Nc1nc2cc(N3CCOCC3=O)ccc2n1C1CCC(CO)CC1)c1cccc(C(F)F)c1. The molecule has 0 unspecified atom stereocenters. The Hall–Kier alpha value is -3.37. The predicted molar refractivity (Wildman–Crippen MR) is 130 cm³/mol. The molecule has 0 bridgehead atoms. The highest BCUT2D eigenvalue weighted by molar-refractivity contribution is 6.04. The minimum absolute atomic E-state index is 0.0273. The number of carbonyl (C=O) groups is 2. The molecule has 0 spiro atoms. The van der Waals surface area contributed by atoms with Crippen molar-refractivity contribution in [3.05, 3.63) is 53.6 Å². The van der Waals surface area contributed by atoms with E-state index in [1.54, 1.807) is 4.90 Å². The molecule has 2 fully saturated rings. The van der Waals surface area contributed by atoms with Crippen LogP contribution in [0.4, 0.5) is 20.4 Å². The number of aromatic nitrogens is 2. The fourth-order valence-corrected chi connectivity index (χ4v) is 5.08. The maximum atomic E-state index is 13.2. The van der Waals surface area contributed by atoms with E-state index in [0.717, 1.165) is 31.2 Å². The number of anilines is 2. The average molecular weight is 499 g/mol. The largest absolute Gasteiger partial charge is 0.396 e. The van der Waals surface area contributed by atoms with E-state index in [9.17, 15) is 23.5 Å². The Balaban J connectivity index is 1.50. The number of nitrogens with one attached hydrogen (secondary N) is 1. The minimum Gasteiger partial charge on any atom is -0.396 e. The maximum absolute atomic E-state index is 13.2. The van der Waals surface area contributed by atoms with Crippen LogP contribution in [0.1, 0.15) is 54.1 Å². The summed E-state index contributed by atoms with van der Waals surface area (Å²) < 4.78 is 33.5. The first-order valence-electron chi connectivity index (χ1n) is 12.1. The van der Waals surface area contributed by atoms with Gasteiger partial charge in [0.2, 0.25) is 5.95 Å². The van der Waals surface area contributed by atoms with Crippen molar-refractivity contribution in [1.29, 1.82) is 0 Å². The summed E-state index contributed by atoms with van der Waals surface area (Å²) in [5.41, 5.74) is 2.02. The molecule has 2 amide bonds. The fourth-order valence-electron chi connectivity index (χ4n) is 5.08. The van der Waals surface area contributed by atoms with Crippen LogP contribution in [0, 0.1) is 5.92 Å². The molecule has 1 aromatic heterocycles. The van der Waals surface area contributed by atoms with Crippen molar-refractivity contribution < 1.29 is 28.2 Å². The molecule has 0 radical (unpaired) electrons. The van der Waals surface area contributed by atoms with E-state index < -0.39 is 12.3 Å². The topological polar surface area (TPSA) is 96.7 Å². The molecule has 190 valence electrons. The van der Waals surface area contributed by atoms with Gasteiger partial charge in [-0.2, -0.15) is 0 Å². The summed E-state index contributed by atoms with van der Waals surface area (Å²) in [6, 6.07) is 11.0. The normalized spacial score (nSPS) is 20.8. The van der Waals surface area contributed by atoms with Crippen molar-refractivity contribution >= 4 is 34.5 Å². The molecule has 3 aromatic rings. The number of rotatable bonds is 6. The number of ether oxygens (including phenoxy) is 1. The van der Waals surface area contributed by atoms with Gasteiger partial charge in [-0.3, -0.25) is 14.9 Å². The van der Waals surface area contributed by atoms with Gasteiger partial charge < -0.3 is 19.3 Å². The number of hydrogen-bond donors (Lipinski definition) is 2. The van der Waals surface area contributed by atoms with Gasteiger partial charge in [0.15, 0.2) is 0 Å². The smallest absolute Gasteiger partial charge is 0.263 e. The van der Waals surface area contributed by atoms with Crippen LogP contribution in [0.3, 0.4) is 0 Å². The van der Waals surface area contributed by atoms with E-state index in [1.807, 2.05) is 22.8 Å². The number of imidazole rings is 1. The first-order chi connectivity index (χ1) is 17.4. The molecule has 1 aliphatic heterocycles. The van der Waals surface area contributed by atoms with E-state index in [2.05, 4.69) is 5.32 Å². The van der Waals surface area contributed by atoms with Crippen LogP contribution in [0.15, 0.2) is 42.5 Å². The summed E-state index contributed by atoms with van der Waals surface area (Å²) in [5, 5.41) is 12.4. The predicted octanol–water partition coefficient (Wildman–Crippen LogP) is 4.31. The Morgan fingerprint density at radius 1 is 1.17 bits per heavy atom. The first-order valence-corrected chi connectivity index (χ1v) is 12.1. The van der Waals surface area contributed by atoms with Crippen LogP contribution in [0.5, 0.6) is 0 Å². The summed E-state index contributed by atoms with van der Waals surface area (Å²) in [6.45, 7) is 1.07. The van der Waals surface area contributed by atoms with E-state index in [-0.39, 0.29) is 42.2 Å². The zero-order valence-corrected chi connectivity index (χ0v) is 19.7. The van der Waals surface area contributed by atoms with Gasteiger partial charge in [-0.05, 0) is 61.9 Å². The highest BCUT2D eigenvalue weighted by Gasteiger charge is 2.28. The molecule has 8 nitrogen and oxygen atoms in total. The van der Waals surface area contributed by atoms with Crippen molar-refractivity contribution in [2.45, 2.75) is 38.2 Å². The van der Waals surface area contributed by atoms with Gasteiger partial charge in [-0.15, -0.1) is 0 Å². The lowest BCUT2D eigenvalue weighted by atomic mass is 9.86. The molecular weight excluding hydrogens is 470 g/mol. The maximum Gasteiger partial charge on any atom is 0.263 e. The van der Waals surface area contributed by atoms with Crippen molar-refractivity contribution in [3.8, 4) is 0 Å². The second-order valence-corrected chi connectivity index (χ2v) is 9.31. The molecule has 0 atom stereocenters. The quantitative estimate of drug-likeness (QED) is 0.528. The molecular formula is C26H28F2N4O4. The Morgan fingerprint density at radius 3 is 2.69 bits per heavy atom. The number of benzene rings is 2. The molecule has 2 aliphatic rings. The summed E-state index contributed by atoms with van der Waals surface area (Å²) in [7, 11) is 0. The number of amides is 2. The third-order valence-electron chi connectivity index (χ3n) is 7.04. The van der Waals surface area contributed by atoms with Gasteiger partial charge >= 0.3 is 0 Å². The first kappa shape index (κ1) is 24.3. The number of hydrogen-bond acceptors (Lipinski definition) is 5. The zero-order chi connectivity index (χ0) is 25.2. The molecule has 10 heteroatoms. The van der Waals surface area contributed by atoms with Crippen LogP contribution in [0.25, 0.3) is 11.0 Å². The van der Waals surface area contributed by atoms with Crippen molar-refractivity contribution in [2.24, 2.45) is 5.92 Å². The third kappa shape index (κ3) is 4.83. The van der Waals surface area contributed by atoms with Gasteiger partial charge in [0.05, 0.1) is 17.6 Å². The molecule has 1 saturated carbocycles. The van der Waals surface area contributed by atoms with E-state index >= 15 is 0 Å². The number of nitrogens with zero attached hydrogens (tertiary/aromatic N) is 3. The van der Waals surface area contributed by atoms with Gasteiger partial charge in [-0.1, -0.05) is 12.1 Å². The van der Waals surface area contributed by atoms with Crippen LogP contribution < -0.4 is 10.2 Å². The summed E-state index contributed by atoms with van der Waals surface area (Å²) in [5.74, 6) is -0.0723. The van der Waals surface area contributed by atoms with Crippen molar-refractivity contribution in [1.82, 2.24) is 9.55 Å². The van der Waals surface area contributed by atoms with Gasteiger partial charge in [0, 0.05) is 36.0 Å². The number of morpholine rings is 1. The fraction of sp³-hybridized carbons (Fsp3) is 0.423. The Bertz CT molecular complexity index is 1270. The second kappa shape index (κ2) is 10.3. The van der Waals surface area contributed by atoms with Crippen molar-refractivity contribution in [3.63, 3.8) is 0 Å². The molecule has 2 N–H and O–H groups in total. The number of aliphatic hydroxyl groups is 1. The minimum atomic E-state index is -2.68. The van der Waals surface area contributed by atoms with Gasteiger partial charge in [0.25, 0.3) is 18.2 Å². The third-order valence-corrected chi connectivity index (χ3v) is 7.04. The summed E-state index contributed by atoms with van der Waals surface area (Å²) in [4.78, 5) is 31.7. The zero-order valence-electron chi connectivity index (χ0n) is 19.7. The van der Waals surface area contributed by atoms with Gasteiger partial charge in [0.1, 0.15) is 6.61 Å². The second-order valence-electron chi connectivity index (χ2n) is 9.31. The van der Waals surface area contributed by atoms with E-state index in [1.165, 1.54) is 24.3 Å². The van der Waals surface area contributed by atoms with Crippen LogP contribution in [-0.4, -0.2) is 52.8 Å². The summed E-state index contributed by atoms with van der Waals surface area (Å²) >= 11 is 0. The van der Waals surface area contributed by atoms with Crippen molar-refractivity contribution in [2.75, 3.05) is 36.6 Å². The van der Waals surface area contributed by atoms with E-state index in [0.29, 0.717) is 30.3 Å². The molecule has 2 heterocycles.